The number of hydrogen-bond acceptors (Lipinski definition) is 7. The van der Waals surface area contributed by atoms with E-state index in [-0.39, 0.29) is 23.0 Å². The topological polar surface area (TPSA) is 110 Å². The van der Waals surface area contributed by atoms with Crippen LogP contribution in [0.5, 0.6) is 5.75 Å². The molecule has 2 N–H and O–H groups in total. The van der Waals surface area contributed by atoms with E-state index in [2.05, 4.69) is 20.7 Å². The highest BCUT2D eigenvalue weighted by molar-refractivity contribution is 5.96. The lowest BCUT2D eigenvalue weighted by atomic mass is 9.78. The molecule has 7 rings (SSSR count). The Bertz CT molecular complexity index is 1880. The molecule has 10 nitrogen and oxygen atoms in total. The van der Waals surface area contributed by atoms with Gasteiger partial charge in [-0.25, -0.2) is 8.91 Å². The summed E-state index contributed by atoms with van der Waals surface area (Å²) in [5.74, 6) is 0.390. The Labute approximate surface area is 258 Å². The minimum Gasteiger partial charge on any atom is -0.492 e. The highest BCUT2D eigenvalue weighted by Crippen LogP contribution is 2.39. The second-order valence-corrected chi connectivity index (χ2v) is 11.5. The summed E-state index contributed by atoms with van der Waals surface area (Å²) >= 11 is 0. The zero-order valence-corrected chi connectivity index (χ0v) is 24.6. The molecule has 1 spiro atoms. The number of carbonyl (C=O) groups excluding carboxylic acids is 2. The van der Waals surface area contributed by atoms with Crippen molar-refractivity contribution in [3.05, 3.63) is 108 Å². The first-order valence-electron chi connectivity index (χ1n) is 14.8. The van der Waals surface area contributed by atoms with Gasteiger partial charge in [0.1, 0.15) is 11.6 Å². The van der Waals surface area contributed by atoms with Crippen LogP contribution in [0.3, 0.4) is 0 Å². The monoisotopic (exact) mass is 606 g/mol. The van der Waals surface area contributed by atoms with Crippen molar-refractivity contribution in [1.29, 1.82) is 0 Å². The van der Waals surface area contributed by atoms with E-state index in [0.717, 1.165) is 43.0 Å². The van der Waals surface area contributed by atoms with Crippen LogP contribution in [0.15, 0.2) is 85.1 Å². The van der Waals surface area contributed by atoms with Gasteiger partial charge in [0.05, 0.1) is 30.9 Å². The van der Waals surface area contributed by atoms with Gasteiger partial charge in [0.15, 0.2) is 5.65 Å². The van der Waals surface area contributed by atoms with Gasteiger partial charge >= 0.3 is 0 Å². The molecular weight excluding hydrogens is 575 g/mol. The van der Waals surface area contributed by atoms with Gasteiger partial charge < -0.3 is 25.0 Å². The fourth-order valence-electron chi connectivity index (χ4n) is 5.62. The molecule has 0 aliphatic carbocycles. The number of anilines is 2. The third kappa shape index (κ3) is 5.82. The van der Waals surface area contributed by atoms with Gasteiger partial charge in [-0.05, 0) is 72.6 Å². The maximum atomic E-state index is 13.1. The largest absolute Gasteiger partial charge is 0.492 e. The Morgan fingerprint density at radius 2 is 1.69 bits per heavy atom. The number of halogens is 1. The predicted octanol–water partition coefficient (Wildman–Crippen LogP) is 5.08. The smallest absolute Gasteiger partial charge is 0.254 e. The Morgan fingerprint density at radius 1 is 0.956 bits per heavy atom. The van der Waals surface area contributed by atoms with E-state index in [0.29, 0.717) is 47.3 Å². The van der Waals surface area contributed by atoms with Crippen molar-refractivity contribution in [1.82, 2.24) is 24.8 Å². The van der Waals surface area contributed by atoms with Crippen LogP contribution in [0.1, 0.15) is 33.2 Å². The summed E-state index contributed by atoms with van der Waals surface area (Å²) in [5.41, 5.74) is 5.18. The third-order valence-electron chi connectivity index (χ3n) is 8.11. The molecule has 2 aromatic heterocycles. The van der Waals surface area contributed by atoms with Gasteiger partial charge in [0.2, 0.25) is 5.95 Å². The number of benzene rings is 3. The van der Waals surface area contributed by atoms with Crippen LogP contribution in [0, 0.1) is 11.2 Å². The molecule has 3 aromatic carbocycles. The Kier molecular flexibility index (Phi) is 7.38. The fourth-order valence-corrected chi connectivity index (χ4v) is 5.62. The summed E-state index contributed by atoms with van der Waals surface area (Å²) in [4.78, 5) is 32.1. The third-order valence-corrected chi connectivity index (χ3v) is 8.11. The number of rotatable bonds is 9. The standard InChI is InChI=1S/C34H31FN6O4/c1-2-45-29-15-25(32(43)40-18-34(19-40)20-44-21-34)9-13-28(29)37-33-38-30-14-10-26(17-41(30)39-33)23-5-7-24(8-6-23)31(42)36-16-22-3-11-27(35)12-4-22/h3-15,17H,2,16,18-21H2,1H3,(H,36,42)(H,37,39). The summed E-state index contributed by atoms with van der Waals surface area (Å²) in [6.45, 7) is 5.54. The first-order chi connectivity index (χ1) is 21.9. The van der Waals surface area contributed by atoms with Crippen molar-refractivity contribution >= 4 is 29.1 Å². The molecule has 0 bridgehead atoms. The molecule has 2 aliphatic heterocycles. The normalized spacial score (nSPS) is 14.9. The number of hydrogen-bond donors (Lipinski definition) is 2. The number of aromatic nitrogens is 3. The maximum absolute atomic E-state index is 13.1. The SMILES string of the molecule is CCOc1cc(C(=O)N2CC3(COC3)C2)ccc1Nc1nc2ccc(-c3ccc(C(=O)NCc4ccc(F)cc4)cc3)cn2n1. The number of nitrogens with zero attached hydrogens (tertiary/aromatic N) is 4. The van der Waals surface area contributed by atoms with Gasteiger partial charge in [-0.1, -0.05) is 24.3 Å². The molecule has 0 unspecified atom stereocenters. The second-order valence-electron chi connectivity index (χ2n) is 11.5. The Morgan fingerprint density at radius 3 is 2.40 bits per heavy atom. The molecule has 5 aromatic rings. The van der Waals surface area contributed by atoms with Crippen LogP contribution in [-0.4, -0.2) is 64.2 Å². The summed E-state index contributed by atoms with van der Waals surface area (Å²) < 4.78 is 26.0. The van der Waals surface area contributed by atoms with Crippen LogP contribution in [0.25, 0.3) is 16.8 Å². The minimum atomic E-state index is -0.312. The van der Waals surface area contributed by atoms with E-state index in [1.165, 1.54) is 12.1 Å². The molecule has 2 aliphatic rings. The zero-order valence-electron chi connectivity index (χ0n) is 24.6. The van der Waals surface area contributed by atoms with Crippen LogP contribution >= 0.6 is 0 Å². The molecule has 11 heteroatoms. The van der Waals surface area contributed by atoms with Crippen molar-refractivity contribution in [3.63, 3.8) is 0 Å². The summed E-state index contributed by atoms with van der Waals surface area (Å²) in [6, 6.07) is 22.5. The lowest BCUT2D eigenvalue weighted by Gasteiger charge is -2.54. The highest BCUT2D eigenvalue weighted by atomic mass is 19.1. The van der Waals surface area contributed by atoms with Crippen molar-refractivity contribution in [2.24, 2.45) is 5.41 Å². The first kappa shape index (κ1) is 28.5. The molecule has 0 radical (unpaired) electrons. The lowest BCUT2D eigenvalue weighted by Crippen LogP contribution is -2.67. The number of nitrogens with one attached hydrogen (secondary N) is 2. The molecule has 2 saturated heterocycles. The average Bonchev–Trinajstić information content (AvgIpc) is 3.42. The second kappa shape index (κ2) is 11.7. The lowest BCUT2D eigenvalue weighted by molar-refractivity contribution is -0.176. The van der Waals surface area contributed by atoms with E-state index >= 15 is 0 Å². The zero-order chi connectivity index (χ0) is 31.0. The van der Waals surface area contributed by atoms with Gasteiger partial charge in [0.25, 0.3) is 11.8 Å². The van der Waals surface area contributed by atoms with E-state index < -0.39 is 0 Å². The molecule has 4 heterocycles. The number of amides is 2. The van der Waals surface area contributed by atoms with Gasteiger partial charge in [-0.15, -0.1) is 5.10 Å². The van der Waals surface area contributed by atoms with Gasteiger partial charge in [-0.2, -0.15) is 4.98 Å². The summed E-state index contributed by atoms with van der Waals surface area (Å²) in [7, 11) is 0. The molecule has 45 heavy (non-hydrogen) atoms. The Balaban J connectivity index is 1.02. The predicted molar refractivity (Wildman–Crippen MR) is 166 cm³/mol. The van der Waals surface area contributed by atoms with E-state index in [1.807, 2.05) is 48.4 Å². The minimum absolute atomic E-state index is 0.0166. The van der Waals surface area contributed by atoms with Crippen LogP contribution in [-0.2, 0) is 11.3 Å². The van der Waals surface area contributed by atoms with Crippen molar-refractivity contribution in [3.8, 4) is 16.9 Å². The van der Waals surface area contributed by atoms with Gasteiger partial charge in [-0.3, -0.25) is 9.59 Å². The van der Waals surface area contributed by atoms with Crippen LogP contribution < -0.4 is 15.4 Å². The van der Waals surface area contributed by atoms with Crippen LogP contribution in [0.2, 0.25) is 0 Å². The van der Waals surface area contributed by atoms with Crippen molar-refractivity contribution in [2.45, 2.75) is 13.5 Å². The first-order valence-corrected chi connectivity index (χ1v) is 14.8. The maximum Gasteiger partial charge on any atom is 0.254 e. The molecular formula is C34H31FN6O4. The molecule has 0 atom stereocenters. The van der Waals surface area contributed by atoms with Crippen LogP contribution in [0.4, 0.5) is 16.0 Å². The molecule has 0 saturated carbocycles. The number of pyridine rings is 1. The van der Waals surface area contributed by atoms with Crippen molar-refractivity contribution < 1.29 is 23.5 Å². The summed E-state index contributed by atoms with van der Waals surface area (Å²) in [6.07, 6.45) is 1.87. The average molecular weight is 607 g/mol. The quantitative estimate of drug-likeness (QED) is 0.241. The molecule has 2 amide bonds. The Hall–Kier alpha value is -5.29. The van der Waals surface area contributed by atoms with E-state index in [9.17, 15) is 14.0 Å². The number of likely N-dealkylation sites (tertiary alicyclic amines) is 1. The number of carbonyl (C=O) groups is 2. The van der Waals surface area contributed by atoms with Crippen molar-refractivity contribution in [2.75, 3.05) is 38.2 Å². The number of fused-ring (bicyclic) bond motifs is 1. The highest BCUT2D eigenvalue weighted by Gasteiger charge is 2.50. The van der Waals surface area contributed by atoms with E-state index in [4.69, 9.17) is 9.47 Å². The molecule has 2 fully saturated rings. The summed E-state index contributed by atoms with van der Waals surface area (Å²) in [5, 5.41) is 10.7. The molecule has 228 valence electrons. The van der Waals surface area contributed by atoms with Gasteiger partial charge in [0, 0.05) is 42.5 Å². The number of ether oxygens (including phenoxy) is 2. The fraction of sp³-hybridized carbons (Fsp3) is 0.235. The van der Waals surface area contributed by atoms with E-state index in [1.54, 1.807) is 40.9 Å².